The highest BCUT2D eigenvalue weighted by molar-refractivity contribution is 6.04. The predicted octanol–water partition coefficient (Wildman–Crippen LogP) is 2.40. The smallest absolute Gasteiger partial charge is 0.233 e. The molecular weight excluding hydrogens is 306 g/mol. The van der Waals surface area contributed by atoms with Crippen molar-refractivity contribution < 1.29 is 19.1 Å². The van der Waals surface area contributed by atoms with E-state index in [2.05, 4.69) is 0 Å². The van der Waals surface area contributed by atoms with E-state index in [-0.39, 0.29) is 42.0 Å². The van der Waals surface area contributed by atoms with Crippen molar-refractivity contribution in [1.82, 2.24) is 4.90 Å². The first-order valence-electron chi connectivity index (χ1n) is 8.43. The van der Waals surface area contributed by atoms with Gasteiger partial charge in [-0.15, -0.1) is 0 Å². The number of ether oxygens (including phenoxy) is 1. The van der Waals surface area contributed by atoms with Gasteiger partial charge in [-0.1, -0.05) is 26.0 Å². The van der Waals surface area contributed by atoms with Crippen LogP contribution >= 0.6 is 0 Å². The topological polar surface area (TPSA) is 63.7 Å². The fraction of sp³-hybridized carbons (Fsp3) is 0.526. The zero-order chi connectivity index (χ0) is 17.4. The van der Waals surface area contributed by atoms with E-state index in [4.69, 9.17) is 4.74 Å². The van der Waals surface area contributed by atoms with E-state index in [9.17, 15) is 14.4 Å². The Labute approximate surface area is 142 Å². The third kappa shape index (κ3) is 2.83. The van der Waals surface area contributed by atoms with Gasteiger partial charge in [0.1, 0.15) is 12.0 Å². The van der Waals surface area contributed by atoms with Crippen LogP contribution in [0.3, 0.4) is 0 Å². The van der Waals surface area contributed by atoms with Crippen LogP contribution in [0.25, 0.3) is 0 Å². The number of hydrogen-bond donors (Lipinski definition) is 0. The molecule has 128 valence electrons. The fourth-order valence-electron chi connectivity index (χ4n) is 3.84. The number of likely N-dealkylation sites (tertiary alicyclic amines) is 1. The number of methoxy groups -OCH3 is 1. The molecule has 0 N–H and O–H groups in total. The molecular formula is C19H23NO4. The second kappa shape index (κ2) is 6.38. The average molecular weight is 329 g/mol. The molecule has 1 aromatic rings. The van der Waals surface area contributed by atoms with Crippen molar-refractivity contribution in [2.24, 2.45) is 17.8 Å². The van der Waals surface area contributed by atoms with Gasteiger partial charge in [0.2, 0.25) is 11.8 Å². The molecule has 1 saturated heterocycles. The zero-order valence-electron chi connectivity index (χ0n) is 14.3. The summed E-state index contributed by atoms with van der Waals surface area (Å²) in [5.41, 5.74) is 0.964. The van der Waals surface area contributed by atoms with Crippen molar-refractivity contribution in [3.05, 3.63) is 29.8 Å². The summed E-state index contributed by atoms with van der Waals surface area (Å²) >= 11 is 0. The van der Waals surface area contributed by atoms with Crippen LogP contribution in [0.4, 0.5) is 0 Å². The van der Waals surface area contributed by atoms with Crippen molar-refractivity contribution in [2.45, 2.75) is 38.6 Å². The van der Waals surface area contributed by atoms with Crippen LogP contribution in [0.15, 0.2) is 24.3 Å². The largest absolute Gasteiger partial charge is 0.497 e. The number of benzene rings is 1. The monoisotopic (exact) mass is 329 g/mol. The number of imide groups is 1. The van der Waals surface area contributed by atoms with Crippen LogP contribution < -0.4 is 4.74 Å². The number of nitrogens with zero attached hydrogens (tertiary/aromatic N) is 1. The molecule has 5 heteroatoms. The minimum atomic E-state index is -0.326. The van der Waals surface area contributed by atoms with Gasteiger partial charge >= 0.3 is 0 Å². The quantitative estimate of drug-likeness (QED) is 0.594. The van der Waals surface area contributed by atoms with Crippen LogP contribution in [0.1, 0.15) is 38.2 Å². The maximum atomic E-state index is 12.6. The Morgan fingerprint density at radius 3 is 2.46 bits per heavy atom. The third-order valence-electron chi connectivity index (χ3n) is 5.02. The summed E-state index contributed by atoms with van der Waals surface area (Å²) < 4.78 is 5.15. The lowest BCUT2D eigenvalue weighted by Crippen LogP contribution is -2.34. The SMILES string of the molecule is COc1ccc([C@@H]2[C@H](C=O)[C@H]2N2C(=O)C[C@@H](CC(C)C)C2=O)cc1. The van der Waals surface area contributed by atoms with Gasteiger partial charge in [0.15, 0.2) is 0 Å². The highest BCUT2D eigenvalue weighted by Gasteiger charge is 2.59. The Hall–Kier alpha value is -2.17. The lowest BCUT2D eigenvalue weighted by atomic mass is 9.96. The second-order valence-corrected chi connectivity index (χ2v) is 7.14. The number of carbonyl (C=O) groups is 3. The van der Waals surface area contributed by atoms with E-state index < -0.39 is 0 Å². The van der Waals surface area contributed by atoms with E-state index in [0.717, 1.165) is 17.6 Å². The first-order valence-corrected chi connectivity index (χ1v) is 8.43. The van der Waals surface area contributed by atoms with Crippen LogP contribution in [-0.4, -0.2) is 36.2 Å². The highest BCUT2D eigenvalue weighted by Crippen LogP contribution is 2.52. The molecule has 1 heterocycles. The molecule has 0 spiro atoms. The summed E-state index contributed by atoms with van der Waals surface area (Å²) in [7, 11) is 1.60. The number of hydrogen-bond acceptors (Lipinski definition) is 4. The Morgan fingerprint density at radius 2 is 1.92 bits per heavy atom. The normalized spacial score (nSPS) is 29.2. The van der Waals surface area contributed by atoms with E-state index >= 15 is 0 Å². The van der Waals surface area contributed by atoms with Gasteiger partial charge in [-0.2, -0.15) is 0 Å². The Kier molecular flexibility index (Phi) is 4.43. The summed E-state index contributed by atoms with van der Waals surface area (Å²) in [5, 5.41) is 0. The maximum absolute atomic E-state index is 12.6. The molecule has 0 radical (unpaired) electrons. The molecule has 0 unspecified atom stereocenters. The molecule has 5 nitrogen and oxygen atoms in total. The van der Waals surface area contributed by atoms with Crippen molar-refractivity contribution in [2.75, 3.05) is 7.11 Å². The number of carbonyl (C=O) groups excluding carboxylic acids is 3. The van der Waals surface area contributed by atoms with Gasteiger partial charge in [-0.25, -0.2) is 0 Å². The number of amides is 2. The molecule has 0 aromatic heterocycles. The summed E-state index contributed by atoms with van der Waals surface area (Å²) in [4.78, 5) is 37.8. The molecule has 0 bridgehead atoms. The lowest BCUT2D eigenvalue weighted by molar-refractivity contribution is -0.140. The van der Waals surface area contributed by atoms with Crippen LogP contribution in [0, 0.1) is 17.8 Å². The lowest BCUT2D eigenvalue weighted by Gasteiger charge is -2.16. The Morgan fingerprint density at radius 1 is 1.25 bits per heavy atom. The van der Waals surface area contributed by atoms with Crippen molar-refractivity contribution >= 4 is 18.1 Å². The maximum Gasteiger partial charge on any atom is 0.233 e. The van der Waals surface area contributed by atoms with Gasteiger partial charge < -0.3 is 9.53 Å². The molecule has 4 atom stereocenters. The van der Waals surface area contributed by atoms with Crippen molar-refractivity contribution in [3.63, 3.8) is 0 Å². The summed E-state index contributed by atoms with van der Waals surface area (Å²) in [6.07, 6.45) is 1.86. The van der Waals surface area contributed by atoms with Gasteiger partial charge in [0.05, 0.1) is 13.2 Å². The fourth-order valence-corrected chi connectivity index (χ4v) is 3.84. The molecule has 2 aliphatic rings. The van der Waals surface area contributed by atoms with Crippen LogP contribution in [0.2, 0.25) is 0 Å². The third-order valence-corrected chi connectivity index (χ3v) is 5.02. The molecule has 1 aromatic carbocycles. The van der Waals surface area contributed by atoms with Crippen molar-refractivity contribution in [3.8, 4) is 5.75 Å². The van der Waals surface area contributed by atoms with Gasteiger partial charge in [-0.05, 0) is 30.0 Å². The van der Waals surface area contributed by atoms with Gasteiger partial charge in [-0.3, -0.25) is 14.5 Å². The Bertz CT molecular complexity index is 652. The molecule has 2 fully saturated rings. The van der Waals surface area contributed by atoms with E-state index in [1.54, 1.807) is 7.11 Å². The zero-order valence-corrected chi connectivity index (χ0v) is 14.3. The first-order chi connectivity index (χ1) is 11.5. The summed E-state index contributed by atoms with van der Waals surface area (Å²) in [6.45, 7) is 4.10. The number of rotatable bonds is 6. The van der Waals surface area contributed by atoms with Gasteiger partial charge in [0.25, 0.3) is 0 Å². The van der Waals surface area contributed by atoms with Gasteiger partial charge in [0, 0.05) is 24.2 Å². The predicted molar refractivity (Wildman–Crippen MR) is 88.5 cm³/mol. The molecule has 2 amide bonds. The number of aldehydes is 1. The second-order valence-electron chi connectivity index (χ2n) is 7.14. The molecule has 1 aliphatic heterocycles. The minimum Gasteiger partial charge on any atom is -0.497 e. The molecule has 3 rings (SSSR count). The summed E-state index contributed by atoms with van der Waals surface area (Å²) in [5.74, 6) is 0.222. The molecule has 1 saturated carbocycles. The average Bonchev–Trinajstić information content (AvgIpc) is 3.20. The highest BCUT2D eigenvalue weighted by atomic mass is 16.5. The Balaban J connectivity index is 1.79. The summed E-state index contributed by atoms with van der Waals surface area (Å²) in [6, 6.07) is 7.14. The first kappa shape index (κ1) is 16.7. The molecule has 24 heavy (non-hydrogen) atoms. The van der Waals surface area contributed by atoms with E-state index in [0.29, 0.717) is 12.3 Å². The van der Waals surface area contributed by atoms with E-state index in [1.807, 2.05) is 38.1 Å². The van der Waals surface area contributed by atoms with Crippen LogP contribution in [0.5, 0.6) is 5.75 Å². The van der Waals surface area contributed by atoms with Crippen LogP contribution in [-0.2, 0) is 14.4 Å². The molecule has 1 aliphatic carbocycles. The van der Waals surface area contributed by atoms with E-state index in [1.165, 1.54) is 4.90 Å². The van der Waals surface area contributed by atoms with Crippen molar-refractivity contribution in [1.29, 1.82) is 0 Å². The standard InChI is InChI=1S/C19H23NO4/c1-11(2)8-13-9-16(22)20(19(13)23)18-15(10-21)17(18)12-4-6-14(24-3)7-5-12/h4-7,10-11,13,15,17-18H,8-9H2,1-3H3/t13-,15+,17-,18-/m1/s1. The minimum absolute atomic E-state index is 0.0980.